The molecule has 0 aromatic carbocycles. The first kappa shape index (κ1) is 31.6. The molecule has 214 valence electrons. The van der Waals surface area contributed by atoms with E-state index in [1.807, 2.05) is 11.9 Å². The van der Waals surface area contributed by atoms with Crippen LogP contribution in [0.4, 0.5) is 22.4 Å². The minimum atomic E-state index is -5.08. The van der Waals surface area contributed by atoms with Gasteiger partial charge in [-0.1, -0.05) is 5.92 Å². The van der Waals surface area contributed by atoms with Crippen molar-refractivity contribution in [3.8, 4) is 23.7 Å². The lowest BCUT2D eigenvalue weighted by molar-refractivity contribution is -0.192. The van der Waals surface area contributed by atoms with E-state index in [9.17, 15) is 35.6 Å². The highest BCUT2D eigenvalue weighted by Gasteiger charge is 2.44. The summed E-state index contributed by atoms with van der Waals surface area (Å²) in [5, 5.41) is 16.0. The predicted molar refractivity (Wildman–Crippen MR) is 128 cm³/mol. The average molecular weight is 579 g/mol. The van der Waals surface area contributed by atoms with Gasteiger partial charge in [0.15, 0.2) is 20.3 Å². The van der Waals surface area contributed by atoms with Gasteiger partial charge >= 0.3 is 18.2 Å². The van der Waals surface area contributed by atoms with Gasteiger partial charge in [-0.15, -0.1) is 0 Å². The highest BCUT2D eigenvalue weighted by Crippen LogP contribution is 2.26. The quantitative estimate of drug-likeness (QED) is 0.203. The molecule has 2 amide bonds. The number of aliphatic carboxylic acids is 1. The fourth-order valence-corrected chi connectivity index (χ4v) is 4.55. The first-order valence-corrected chi connectivity index (χ1v) is 13.1. The third-order valence-corrected chi connectivity index (χ3v) is 8.22. The van der Waals surface area contributed by atoms with Gasteiger partial charge in [0, 0.05) is 49.8 Å². The minimum Gasteiger partial charge on any atom is -0.475 e. The minimum absolute atomic E-state index is 0.00296. The molecule has 3 N–H and O–H groups in total. The number of likely N-dealkylation sites (tertiary alicyclic amines) is 1. The molecule has 1 aromatic heterocycles. The number of sulfone groups is 1. The van der Waals surface area contributed by atoms with Gasteiger partial charge in [0.25, 0.3) is 5.91 Å². The second kappa shape index (κ2) is 11.6. The summed E-state index contributed by atoms with van der Waals surface area (Å²) in [7, 11) is -2.02. The van der Waals surface area contributed by atoms with E-state index in [2.05, 4.69) is 23.7 Å². The van der Waals surface area contributed by atoms with E-state index < -0.39 is 38.3 Å². The fraction of sp³-hybridized carbons (Fsp3) is 0.522. The zero-order chi connectivity index (χ0) is 29.8. The monoisotopic (exact) mass is 578 g/mol. The Hall–Kier alpha value is -3.60. The molecule has 2 atom stereocenters. The number of carboxylic acid groups (broad SMARTS) is 1. The number of nitrogens with one attached hydrogen (secondary N) is 1. The van der Waals surface area contributed by atoms with Crippen LogP contribution in [-0.2, 0) is 26.0 Å². The number of rotatable bonds is 5. The molecule has 0 saturated carbocycles. The van der Waals surface area contributed by atoms with Crippen LogP contribution >= 0.6 is 0 Å². The summed E-state index contributed by atoms with van der Waals surface area (Å²) in [6, 6.07) is 1.33. The van der Waals surface area contributed by atoms with Crippen LogP contribution in [0.1, 0.15) is 31.0 Å². The maximum atomic E-state index is 14.4. The van der Waals surface area contributed by atoms with E-state index in [1.165, 1.54) is 28.1 Å². The molecule has 0 aliphatic carbocycles. The number of nitrogens with zero attached hydrogens (tertiary/aromatic N) is 3. The molecule has 2 aliphatic heterocycles. The largest absolute Gasteiger partial charge is 0.490 e. The summed E-state index contributed by atoms with van der Waals surface area (Å²) >= 11 is 0. The van der Waals surface area contributed by atoms with Crippen LogP contribution < -0.4 is 5.48 Å². The third-order valence-electron chi connectivity index (χ3n) is 6.20. The number of carbonyl (C=O) groups excluding carboxylic acids is 2. The van der Waals surface area contributed by atoms with E-state index >= 15 is 0 Å². The maximum Gasteiger partial charge on any atom is 0.490 e. The second-order valence-electron chi connectivity index (χ2n) is 9.24. The van der Waals surface area contributed by atoms with Gasteiger partial charge in [0.05, 0.1) is 6.54 Å². The van der Waals surface area contributed by atoms with Gasteiger partial charge in [0.1, 0.15) is 0 Å². The van der Waals surface area contributed by atoms with Crippen LogP contribution in [0.5, 0.6) is 0 Å². The van der Waals surface area contributed by atoms with Gasteiger partial charge in [-0.3, -0.25) is 14.6 Å². The first-order chi connectivity index (χ1) is 17.8. The number of hydrogen-bond acceptors (Lipinski definition) is 7. The highest BCUT2D eigenvalue weighted by atomic mass is 32.2. The maximum absolute atomic E-state index is 14.4. The van der Waals surface area contributed by atoms with Gasteiger partial charge in [0.2, 0.25) is 0 Å². The van der Waals surface area contributed by atoms with Crippen molar-refractivity contribution in [2.75, 3.05) is 32.9 Å². The SMILES string of the molecule is CN1CC[C@](F)(C#CC#Cc2cc3n(c2)C(=O)N(CCC(C)(C(=O)NO)S(C)(=O)=O)C3)C1.O=C(O)C(F)(F)F. The summed E-state index contributed by atoms with van der Waals surface area (Å²) < 4.78 is 69.8. The Kier molecular flexibility index (Phi) is 9.44. The third kappa shape index (κ3) is 7.72. The standard InChI is InChI=1S/C21H25FN4O5S.C2HF3O2/c1-20(18(27)23-29,32(3,30)31)8-11-25-14-17-12-16(13-26(17)19(25)28)6-4-5-7-21(22)9-10-24(2)15-21;3-2(4,5)1(6)7/h12-13,29H,8-11,14-15H2,1-3H3,(H,23,27);(H,6,7)/t20?,21-;/m1./s1. The fourth-order valence-electron chi connectivity index (χ4n) is 3.70. The Balaban J connectivity index is 0.000000673. The molecule has 0 radical (unpaired) electrons. The van der Waals surface area contributed by atoms with Gasteiger partial charge in [-0.05, 0) is 44.2 Å². The lowest BCUT2D eigenvalue weighted by Crippen LogP contribution is -2.50. The van der Waals surface area contributed by atoms with Crippen molar-refractivity contribution in [1.82, 2.24) is 19.8 Å². The Morgan fingerprint density at radius 2 is 1.87 bits per heavy atom. The smallest absolute Gasteiger partial charge is 0.475 e. The lowest BCUT2D eigenvalue weighted by atomic mass is 10.1. The predicted octanol–water partition coefficient (Wildman–Crippen LogP) is 1.00. The van der Waals surface area contributed by atoms with Crippen LogP contribution in [0.2, 0.25) is 0 Å². The van der Waals surface area contributed by atoms with Crippen molar-refractivity contribution >= 4 is 27.7 Å². The van der Waals surface area contributed by atoms with Crippen molar-refractivity contribution in [3.05, 3.63) is 23.5 Å². The number of hydrogen-bond donors (Lipinski definition) is 3. The Labute approximate surface area is 221 Å². The molecule has 1 saturated heterocycles. The van der Waals surface area contributed by atoms with Crippen LogP contribution in [0.3, 0.4) is 0 Å². The van der Waals surface area contributed by atoms with Crippen molar-refractivity contribution in [2.45, 2.75) is 42.9 Å². The zero-order valence-corrected chi connectivity index (χ0v) is 21.9. The number of amides is 2. The molecule has 3 heterocycles. The van der Waals surface area contributed by atoms with E-state index in [0.717, 1.165) is 6.26 Å². The Bertz CT molecular complexity index is 1370. The average Bonchev–Trinajstić information content (AvgIpc) is 3.47. The summed E-state index contributed by atoms with van der Waals surface area (Å²) in [6.07, 6.45) is -2.48. The topological polar surface area (TPSA) is 149 Å². The number of carbonyl (C=O) groups is 3. The Morgan fingerprint density at radius 3 is 2.33 bits per heavy atom. The van der Waals surface area contributed by atoms with Gasteiger partial charge in [-0.2, -0.15) is 13.2 Å². The normalized spacial score (nSPS) is 20.4. The number of carboxylic acids is 1. The van der Waals surface area contributed by atoms with E-state index in [1.54, 1.807) is 6.07 Å². The molecule has 3 rings (SSSR count). The molecule has 11 nitrogen and oxygen atoms in total. The van der Waals surface area contributed by atoms with E-state index in [4.69, 9.17) is 15.1 Å². The van der Waals surface area contributed by atoms with E-state index in [0.29, 0.717) is 24.2 Å². The van der Waals surface area contributed by atoms with Crippen molar-refractivity contribution in [1.29, 1.82) is 0 Å². The summed E-state index contributed by atoms with van der Waals surface area (Å²) in [5.74, 6) is 6.74. The molecule has 16 heteroatoms. The molecule has 1 unspecified atom stereocenters. The number of alkyl halides is 4. The van der Waals surface area contributed by atoms with Crippen LogP contribution in [0, 0.1) is 23.7 Å². The first-order valence-electron chi connectivity index (χ1n) is 11.2. The van der Waals surface area contributed by atoms with Crippen LogP contribution in [0.25, 0.3) is 0 Å². The van der Waals surface area contributed by atoms with Crippen molar-refractivity contribution in [3.63, 3.8) is 0 Å². The highest BCUT2D eigenvalue weighted by molar-refractivity contribution is 7.92. The lowest BCUT2D eigenvalue weighted by Gasteiger charge is -2.27. The van der Waals surface area contributed by atoms with Gasteiger partial charge in [-0.25, -0.2) is 27.9 Å². The molecule has 39 heavy (non-hydrogen) atoms. The summed E-state index contributed by atoms with van der Waals surface area (Å²) in [6.45, 7) is 2.32. The summed E-state index contributed by atoms with van der Waals surface area (Å²) in [4.78, 5) is 36.7. The Morgan fingerprint density at radius 1 is 1.26 bits per heavy atom. The van der Waals surface area contributed by atoms with E-state index in [-0.39, 0.29) is 32.1 Å². The van der Waals surface area contributed by atoms with Gasteiger partial charge < -0.3 is 14.9 Å². The van der Waals surface area contributed by atoms with Crippen molar-refractivity contribution in [2.24, 2.45) is 0 Å². The number of hydroxylamine groups is 1. The second-order valence-corrected chi connectivity index (χ2v) is 11.7. The number of halogens is 4. The molecule has 0 spiro atoms. The number of aromatic nitrogens is 1. The summed E-state index contributed by atoms with van der Waals surface area (Å²) in [5.41, 5.74) is 1.05. The van der Waals surface area contributed by atoms with Crippen LogP contribution in [-0.4, -0.2) is 101 Å². The molecule has 1 fully saturated rings. The number of fused-ring (bicyclic) bond motifs is 1. The van der Waals surface area contributed by atoms with Crippen molar-refractivity contribution < 1.29 is 50.7 Å². The molecule has 2 aliphatic rings. The molecular formula is C23H26F4N4O7S. The zero-order valence-electron chi connectivity index (χ0n) is 21.1. The van der Waals surface area contributed by atoms with Crippen LogP contribution in [0.15, 0.2) is 12.3 Å². The molecular weight excluding hydrogens is 552 g/mol. The molecule has 0 bridgehead atoms. The molecule has 1 aromatic rings.